The summed E-state index contributed by atoms with van der Waals surface area (Å²) in [7, 11) is 0. The van der Waals surface area contributed by atoms with Crippen LogP contribution in [0.2, 0.25) is 0 Å². The molecule has 1 heterocycles. The summed E-state index contributed by atoms with van der Waals surface area (Å²) in [5.41, 5.74) is 3.61. The van der Waals surface area contributed by atoms with E-state index in [0.29, 0.717) is 17.7 Å². The topological polar surface area (TPSA) is 97.6 Å². The summed E-state index contributed by atoms with van der Waals surface area (Å²) in [6.07, 6.45) is 0.838. The second kappa shape index (κ2) is 8.34. The van der Waals surface area contributed by atoms with Gasteiger partial charge in [-0.2, -0.15) is 0 Å². The van der Waals surface area contributed by atoms with Gasteiger partial charge in [0.1, 0.15) is 22.7 Å². The molecule has 0 spiro atoms. The van der Waals surface area contributed by atoms with Gasteiger partial charge in [0.2, 0.25) is 0 Å². The maximum atomic E-state index is 12.9. The van der Waals surface area contributed by atoms with Crippen molar-refractivity contribution in [2.24, 2.45) is 0 Å². The van der Waals surface area contributed by atoms with Crippen LogP contribution in [-0.2, 0) is 0 Å². The molecule has 0 aliphatic rings. The van der Waals surface area contributed by atoms with E-state index in [4.69, 9.17) is 9.15 Å². The number of benzene rings is 2. The van der Waals surface area contributed by atoms with Gasteiger partial charge in [0.15, 0.2) is 0 Å². The van der Waals surface area contributed by atoms with E-state index in [-0.39, 0.29) is 16.7 Å². The van der Waals surface area contributed by atoms with Gasteiger partial charge in [0.25, 0.3) is 11.8 Å². The largest absolute Gasteiger partial charge is 0.493 e. The summed E-state index contributed by atoms with van der Waals surface area (Å²) in [5.74, 6) is -1.42. The number of ether oxygens (including phenoxy) is 1. The van der Waals surface area contributed by atoms with Crippen molar-refractivity contribution in [3.8, 4) is 5.75 Å². The Balaban J connectivity index is 1.74. The smallest absolute Gasteiger partial charge is 0.349 e. The van der Waals surface area contributed by atoms with Crippen LogP contribution >= 0.6 is 0 Å². The van der Waals surface area contributed by atoms with E-state index >= 15 is 0 Å². The SMILES string of the molecule is CCCOc1ccc2cc(C(=O)NNC(=O)c3ccc(F)cc3)c(=O)oc2c1. The van der Waals surface area contributed by atoms with Gasteiger partial charge in [-0.1, -0.05) is 6.92 Å². The quantitative estimate of drug-likeness (QED) is 0.521. The highest BCUT2D eigenvalue weighted by Gasteiger charge is 2.15. The fourth-order valence-corrected chi connectivity index (χ4v) is 2.41. The number of nitrogens with one attached hydrogen (secondary N) is 2. The molecule has 0 saturated carbocycles. The molecule has 2 N–H and O–H groups in total. The minimum atomic E-state index is -0.853. The molecule has 28 heavy (non-hydrogen) atoms. The van der Waals surface area contributed by atoms with Crippen LogP contribution in [0.1, 0.15) is 34.1 Å². The molecule has 144 valence electrons. The van der Waals surface area contributed by atoms with E-state index in [0.717, 1.165) is 18.6 Å². The van der Waals surface area contributed by atoms with Gasteiger partial charge in [-0.3, -0.25) is 20.4 Å². The van der Waals surface area contributed by atoms with E-state index < -0.39 is 23.3 Å². The van der Waals surface area contributed by atoms with Crippen LogP contribution in [0.15, 0.2) is 57.7 Å². The molecule has 3 aromatic rings. The predicted molar refractivity (Wildman–Crippen MR) is 99.6 cm³/mol. The van der Waals surface area contributed by atoms with Crippen LogP contribution in [0.5, 0.6) is 5.75 Å². The number of halogens is 1. The lowest BCUT2D eigenvalue weighted by atomic mass is 10.1. The molecular weight excluding hydrogens is 367 g/mol. The molecular formula is C20H17FN2O5. The fourth-order valence-electron chi connectivity index (χ4n) is 2.41. The first kappa shape index (κ1) is 19.1. The average Bonchev–Trinajstić information content (AvgIpc) is 2.70. The van der Waals surface area contributed by atoms with Crippen LogP contribution in [0.25, 0.3) is 11.0 Å². The van der Waals surface area contributed by atoms with E-state index in [2.05, 4.69) is 10.9 Å². The first-order valence-electron chi connectivity index (χ1n) is 8.55. The van der Waals surface area contributed by atoms with Gasteiger partial charge in [-0.15, -0.1) is 0 Å². The molecule has 1 aromatic heterocycles. The van der Waals surface area contributed by atoms with Crippen LogP contribution in [0.3, 0.4) is 0 Å². The Morgan fingerprint density at radius 1 is 1.04 bits per heavy atom. The minimum Gasteiger partial charge on any atom is -0.493 e. The van der Waals surface area contributed by atoms with Crippen LogP contribution in [0, 0.1) is 5.82 Å². The number of rotatable bonds is 5. The lowest BCUT2D eigenvalue weighted by molar-refractivity contribution is 0.0844. The normalized spacial score (nSPS) is 10.5. The Morgan fingerprint density at radius 2 is 1.75 bits per heavy atom. The van der Waals surface area contributed by atoms with Crippen molar-refractivity contribution in [2.45, 2.75) is 13.3 Å². The number of carbonyl (C=O) groups is 2. The lowest BCUT2D eigenvalue weighted by Gasteiger charge is -2.08. The standard InChI is InChI=1S/C20H17FN2O5/c1-2-9-27-15-8-5-13-10-16(20(26)28-17(13)11-15)19(25)23-22-18(24)12-3-6-14(21)7-4-12/h3-8,10-11H,2,9H2,1H3,(H,22,24)(H,23,25). The van der Waals surface area contributed by atoms with E-state index in [9.17, 15) is 18.8 Å². The summed E-state index contributed by atoms with van der Waals surface area (Å²) in [6, 6.07) is 11.1. The molecule has 0 atom stereocenters. The maximum Gasteiger partial charge on any atom is 0.349 e. The van der Waals surface area contributed by atoms with Crippen molar-refractivity contribution in [3.05, 3.63) is 75.9 Å². The lowest BCUT2D eigenvalue weighted by Crippen LogP contribution is -2.43. The van der Waals surface area contributed by atoms with Gasteiger partial charge in [-0.25, -0.2) is 9.18 Å². The van der Waals surface area contributed by atoms with Crippen molar-refractivity contribution in [1.29, 1.82) is 0 Å². The molecule has 0 saturated heterocycles. The molecule has 0 radical (unpaired) electrons. The summed E-state index contributed by atoms with van der Waals surface area (Å²) in [5, 5.41) is 0.526. The molecule has 0 unspecified atom stereocenters. The van der Waals surface area contributed by atoms with Crippen molar-refractivity contribution < 1.29 is 23.1 Å². The van der Waals surface area contributed by atoms with Gasteiger partial charge in [0, 0.05) is 17.0 Å². The molecule has 0 fully saturated rings. The third kappa shape index (κ3) is 4.35. The summed E-state index contributed by atoms with van der Waals surface area (Å²) in [6.45, 7) is 2.50. The first-order valence-corrected chi connectivity index (χ1v) is 8.55. The zero-order valence-corrected chi connectivity index (χ0v) is 15.0. The third-order valence-electron chi connectivity index (χ3n) is 3.82. The zero-order chi connectivity index (χ0) is 20.1. The van der Waals surface area contributed by atoms with Crippen molar-refractivity contribution >= 4 is 22.8 Å². The molecule has 3 rings (SSSR count). The molecule has 0 aliphatic carbocycles. The van der Waals surface area contributed by atoms with E-state index in [1.807, 2.05) is 6.92 Å². The summed E-state index contributed by atoms with van der Waals surface area (Å²) in [4.78, 5) is 36.3. The maximum absolute atomic E-state index is 12.9. The fraction of sp³-hybridized carbons (Fsp3) is 0.150. The molecule has 0 bridgehead atoms. The second-order valence-corrected chi connectivity index (χ2v) is 5.91. The first-order chi connectivity index (χ1) is 13.5. The van der Waals surface area contributed by atoms with Crippen molar-refractivity contribution in [1.82, 2.24) is 10.9 Å². The second-order valence-electron chi connectivity index (χ2n) is 5.91. The molecule has 2 amide bonds. The molecule has 8 heteroatoms. The highest BCUT2D eigenvalue weighted by molar-refractivity contribution is 6.00. The number of fused-ring (bicyclic) bond motifs is 1. The highest BCUT2D eigenvalue weighted by atomic mass is 19.1. The number of hydrogen-bond donors (Lipinski definition) is 2. The van der Waals surface area contributed by atoms with Gasteiger partial charge < -0.3 is 9.15 Å². The molecule has 2 aromatic carbocycles. The van der Waals surface area contributed by atoms with Gasteiger partial charge in [0.05, 0.1) is 6.61 Å². The Morgan fingerprint density at radius 3 is 2.46 bits per heavy atom. The van der Waals surface area contributed by atoms with Gasteiger partial charge >= 0.3 is 5.63 Å². The summed E-state index contributed by atoms with van der Waals surface area (Å²) < 4.78 is 23.6. The monoisotopic (exact) mass is 384 g/mol. The van der Waals surface area contributed by atoms with Crippen molar-refractivity contribution in [2.75, 3.05) is 6.61 Å². The predicted octanol–water partition coefficient (Wildman–Crippen LogP) is 2.80. The van der Waals surface area contributed by atoms with Crippen molar-refractivity contribution in [3.63, 3.8) is 0 Å². The number of hydrogen-bond acceptors (Lipinski definition) is 5. The number of carbonyl (C=O) groups excluding carboxylic acids is 2. The van der Waals surface area contributed by atoms with Gasteiger partial charge in [-0.05, 0) is 48.9 Å². The van der Waals surface area contributed by atoms with Crippen LogP contribution in [0.4, 0.5) is 4.39 Å². The molecule has 7 nitrogen and oxygen atoms in total. The number of amides is 2. The zero-order valence-electron chi connectivity index (χ0n) is 15.0. The highest BCUT2D eigenvalue weighted by Crippen LogP contribution is 2.20. The Hall–Kier alpha value is -3.68. The van der Waals surface area contributed by atoms with E-state index in [1.165, 1.54) is 18.2 Å². The van der Waals surface area contributed by atoms with E-state index in [1.54, 1.807) is 18.2 Å². The Bertz CT molecular complexity index is 1080. The Labute approximate surface area is 159 Å². The number of hydrazine groups is 1. The Kier molecular flexibility index (Phi) is 5.69. The minimum absolute atomic E-state index is 0.145. The van der Waals surface area contributed by atoms with Crippen LogP contribution in [-0.4, -0.2) is 18.4 Å². The van der Waals surface area contributed by atoms with Crippen LogP contribution < -0.4 is 21.2 Å². The molecule has 0 aliphatic heterocycles. The summed E-state index contributed by atoms with van der Waals surface area (Å²) >= 11 is 0. The average molecular weight is 384 g/mol. The third-order valence-corrected chi connectivity index (χ3v) is 3.82.